The number of benzene rings is 1. The van der Waals surface area contributed by atoms with Crippen LogP contribution in [-0.2, 0) is 9.53 Å². The number of ether oxygens (including phenoxy) is 1. The smallest absolute Gasteiger partial charge is 0.220 e. The van der Waals surface area contributed by atoms with Crippen molar-refractivity contribution < 1.29 is 9.53 Å². The lowest BCUT2D eigenvalue weighted by Crippen LogP contribution is -2.31. The quantitative estimate of drug-likeness (QED) is 0.747. The first-order chi connectivity index (χ1) is 10.7. The number of nitrogens with zero attached hydrogens (tertiary/aromatic N) is 1. The van der Waals surface area contributed by atoms with Crippen LogP contribution in [0.3, 0.4) is 0 Å². The van der Waals surface area contributed by atoms with Gasteiger partial charge in [-0.3, -0.25) is 4.79 Å². The molecule has 1 aliphatic heterocycles. The van der Waals surface area contributed by atoms with Gasteiger partial charge in [0.15, 0.2) is 0 Å². The molecule has 0 aliphatic carbocycles. The van der Waals surface area contributed by atoms with Crippen molar-refractivity contribution in [2.75, 3.05) is 37.7 Å². The standard InChI is InChI=1S/C17H25ClN2O2/c1-2-22-11-3-4-17(21)19-12-14-9-10-20(13-14)16-7-5-15(18)6-8-16/h5-8,14H,2-4,9-13H2,1H3,(H,19,21)/t14-/m0/s1. The lowest BCUT2D eigenvalue weighted by molar-refractivity contribution is -0.121. The molecule has 2 rings (SSSR count). The van der Waals surface area contributed by atoms with Crippen LogP contribution in [0.15, 0.2) is 24.3 Å². The number of hydrogen-bond donors (Lipinski definition) is 1. The second kappa shape index (κ2) is 9.01. The van der Waals surface area contributed by atoms with Gasteiger partial charge in [-0.05, 0) is 49.9 Å². The highest BCUT2D eigenvalue weighted by Crippen LogP contribution is 2.24. The van der Waals surface area contributed by atoms with Crippen molar-refractivity contribution in [1.29, 1.82) is 0 Å². The van der Waals surface area contributed by atoms with Crippen LogP contribution in [0.5, 0.6) is 0 Å². The van der Waals surface area contributed by atoms with Gasteiger partial charge < -0.3 is 15.0 Å². The minimum absolute atomic E-state index is 0.129. The molecule has 1 aromatic carbocycles. The largest absolute Gasteiger partial charge is 0.382 e. The van der Waals surface area contributed by atoms with Crippen LogP contribution in [0.4, 0.5) is 5.69 Å². The van der Waals surface area contributed by atoms with Crippen LogP contribution >= 0.6 is 11.6 Å². The molecule has 0 saturated carbocycles. The monoisotopic (exact) mass is 324 g/mol. The van der Waals surface area contributed by atoms with Crippen molar-refractivity contribution in [3.8, 4) is 0 Å². The lowest BCUT2D eigenvalue weighted by Gasteiger charge is -2.19. The van der Waals surface area contributed by atoms with Crippen LogP contribution in [0.2, 0.25) is 5.02 Å². The Kier molecular flexibility index (Phi) is 7.00. The van der Waals surface area contributed by atoms with Crippen LogP contribution in [0.1, 0.15) is 26.2 Å². The number of rotatable bonds is 8. The Labute approximate surface area is 137 Å². The molecule has 1 heterocycles. The molecule has 1 atom stereocenters. The fourth-order valence-corrected chi connectivity index (χ4v) is 2.84. The highest BCUT2D eigenvalue weighted by atomic mass is 35.5. The molecule has 0 spiro atoms. The van der Waals surface area contributed by atoms with Crippen LogP contribution in [0.25, 0.3) is 0 Å². The summed E-state index contributed by atoms with van der Waals surface area (Å²) in [5.41, 5.74) is 1.20. The first kappa shape index (κ1) is 17.1. The van der Waals surface area contributed by atoms with Gasteiger partial charge in [0.05, 0.1) is 0 Å². The average molecular weight is 325 g/mol. The summed E-state index contributed by atoms with van der Waals surface area (Å²) < 4.78 is 5.24. The first-order valence-corrected chi connectivity index (χ1v) is 8.41. The first-order valence-electron chi connectivity index (χ1n) is 8.04. The summed E-state index contributed by atoms with van der Waals surface area (Å²) in [6.07, 6.45) is 2.46. The van der Waals surface area contributed by atoms with Crippen molar-refractivity contribution in [3.05, 3.63) is 29.3 Å². The van der Waals surface area contributed by atoms with Crippen molar-refractivity contribution in [1.82, 2.24) is 5.32 Å². The third-order valence-electron chi connectivity index (χ3n) is 3.96. The predicted octanol–water partition coefficient (Wildman–Crippen LogP) is 3.10. The Bertz CT molecular complexity index is 464. The van der Waals surface area contributed by atoms with E-state index in [1.165, 1.54) is 5.69 Å². The van der Waals surface area contributed by atoms with E-state index in [9.17, 15) is 4.79 Å². The molecule has 1 saturated heterocycles. The van der Waals surface area contributed by atoms with E-state index in [1.54, 1.807) is 0 Å². The Morgan fingerprint density at radius 2 is 2.18 bits per heavy atom. The Balaban J connectivity index is 1.66. The number of nitrogens with one attached hydrogen (secondary N) is 1. The third kappa shape index (κ3) is 5.50. The molecule has 22 heavy (non-hydrogen) atoms. The summed E-state index contributed by atoms with van der Waals surface area (Å²) in [4.78, 5) is 14.1. The minimum atomic E-state index is 0.129. The van der Waals surface area contributed by atoms with E-state index >= 15 is 0 Å². The predicted molar refractivity (Wildman–Crippen MR) is 90.5 cm³/mol. The van der Waals surface area contributed by atoms with Crippen molar-refractivity contribution >= 4 is 23.2 Å². The van der Waals surface area contributed by atoms with Crippen molar-refractivity contribution in [2.45, 2.75) is 26.2 Å². The van der Waals surface area contributed by atoms with Crippen LogP contribution in [0, 0.1) is 5.92 Å². The molecule has 1 aromatic rings. The zero-order chi connectivity index (χ0) is 15.8. The SMILES string of the molecule is CCOCCCC(=O)NC[C@@H]1CCN(c2ccc(Cl)cc2)C1. The Morgan fingerprint density at radius 1 is 1.41 bits per heavy atom. The fourth-order valence-electron chi connectivity index (χ4n) is 2.71. The van der Waals surface area contributed by atoms with Gasteiger partial charge in [-0.25, -0.2) is 0 Å². The molecular formula is C17H25ClN2O2. The molecule has 1 N–H and O–H groups in total. The second-order valence-electron chi connectivity index (χ2n) is 5.68. The molecular weight excluding hydrogens is 300 g/mol. The van der Waals surface area contributed by atoms with Crippen LogP contribution < -0.4 is 10.2 Å². The highest BCUT2D eigenvalue weighted by Gasteiger charge is 2.22. The van der Waals surface area contributed by atoms with E-state index in [0.29, 0.717) is 25.6 Å². The summed E-state index contributed by atoms with van der Waals surface area (Å²) in [5.74, 6) is 0.649. The van der Waals surface area contributed by atoms with Gasteiger partial charge in [0.25, 0.3) is 0 Å². The maximum atomic E-state index is 11.8. The van der Waals surface area contributed by atoms with E-state index in [0.717, 1.165) is 37.5 Å². The molecule has 0 aromatic heterocycles. The summed E-state index contributed by atoms with van der Waals surface area (Å²) in [6.45, 7) is 6.12. The Hall–Kier alpha value is -1.26. The van der Waals surface area contributed by atoms with E-state index < -0.39 is 0 Å². The van der Waals surface area contributed by atoms with Gasteiger partial charge in [-0.1, -0.05) is 11.6 Å². The molecule has 1 fully saturated rings. The average Bonchev–Trinajstić information content (AvgIpc) is 2.99. The van der Waals surface area contributed by atoms with Gasteiger partial charge >= 0.3 is 0 Å². The normalized spacial score (nSPS) is 17.7. The van der Waals surface area contributed by atoms with E-state index in [-0.39, 0.29) is 5.91 Å². The van der Waals surface area contributed by atoms with E-state index in [4.69, 9.17) is 16.3 Å². The molecule has 122 valence electrons. The summed E-state index contributed by atoms with van der Waals surface area (Å²) in [5, 5.41) is 3.80. The molecule has 4 nitrogen and oxygen atoms in total. The number of anilines is 1. The highest BCUT2D eigenvalue weighted by molar-refractivity contribution is 6.30. The van der Waals surface area contributed by atoms with Gasteiger partial charge in [0.1, 0.15) is 0 Å². The van der Waals surface area contributed by atoms with Gasteiger partial charge in [0.2, 0.25) is 5.91 Å². The maximum Gasteiger partial charge on any atom is 0.220 e. The number of hydrogen-bond acceptors (Lipinski definition) is 3. The van der Waals surface area contributed by atoms with Gasteiger partial charge in [-0.2, -0.15) is 0 Å². The van der Waals surface area contributed by atoms with Gasteiger partial charge in [0, 0.05) is 50.0 Å². The number of carbonyl (C=O) groups excluding carboxylic acids is 1. The topological polar surface area (TPSA) is 41.6 Å². The number of carbonyl (C=O) groups is 1. The fraction of sp³-hybridized carbons (Fsp3) is 0.588. The summed E-state index contributed by atoms with van der Waals surface area (Å²) in [6, 6.07) is 7.95. The lowest BCUT2D eigenvalue weighted by atomic mass is 10.1. The molecule has 1 amide bonds. The summed E-state index contributed by atoms with van der Waals surface area (Å²) in [7, 11) is 0. The van der Waals surface area contributed by atoms with E-state index in [2.05, 4.69) is 22.3 Å². The number of halogens is 1. The molecule has 5 heteroatoms. The third-order valence-corrected chi connectivity index (χ3v) is 4.21. The van der Waals surface area contributed by atoms with Crippen LogP contribution in [-0.4, -0.2) is 38.8 Å². The molecule has 0 radical (unpaired) electrons. The number of amides is 1. The van der Waals surface area contributed by atoms with Crippen molar-refractivity contribution in [2.24, 2.45) is 5.92 Å². The zero-order valence-corrected chi connectivity index (χ0v) is 13.9. The van der Waals surface area contributed by atoms with E-state index in [1.807, 2.05) is 19.1 Å². The minimum Gasteiger partial charge on any atom is -0.382 e. The molecule has 0 bridgehead atoms. The molecule has 0 unspecified atom stereocenters. The Morgan fingerprint density at radius 3 is 2.91 bits per heavy atom. The maximum absolute atomic E-state index is 11.8. The molecule has 1 aliphatic rings. The summed E-state index contributed by atoms with van der Waals surface area (Å²) >= 11 is 5.92. The second-order valence-corrected chi connectivity index (χ2v) is 6.12. The van der Waals surface area contributed by atoms with Gasteiger partial charge in [-0.15, -0.1) is 0 Å². The van der Waals surface area contributed by atoms with Crippen molar-refractivity contribution in [3.63, 3.8) is 0 Å². The zero-order valence-electron chi connectivity index (χ0n) is 13.2.